The average molecular weight is 477 g/mol. The number of nitriles is 1. The molecule has 1 atom stereocenters. The van der Waals surface area contributed by atoms with Crippen LogP contribution in [0, 0.1) is 11.3 Å². The van der Waals surface area contributed by atoms with Crippen LogP contribution >= 0.6 is 12.2 Å². The number of ether oxygens (including phenoxy) is 2. The van der Waals surface area contributed by atoms with Crippen molar-refractivity contribution in [2.75, 3.05) is 23.0 Å². The molecule has 172 valence electrons. The van der Waals surface area contributed by atoms with Crippen molar-refractivity contribution >= 4 is 34.6 Å². The number of rotatable bonds is 3. The summed E-state index contributed by atoms with van der Waals surface area (Å²) in [6.45, 7) is 3.14. The molecule has 4 rings (SSSR count). The molecular formula is C22H18F3N3O4S. The maximum Gasteiger partial charge on any atom is 0.417 e. The van der Waals surface area contributed by atoms with Gasteiger partial charge in [-0.15, -0.1) is 0 Å². The third kappa shape index (κ3) is 3.75. The first-order valence-corrected chi connectivity index (χ1v) is 10.2. The minimum atomic E-state index is -4.77. The quantitative estimate of drug-likeness (QED) is 0.676. The Bertz CT molecular complexity index is 1190. The van der Waals surface area contributed by atoms with Crippen LogP contribution in [0.25, 0.3) is 0 Å². The van der Waals surface area contributed by atoms with Crippen molar-refractivity contribution in [3.8, 4) is 17.6 Å². The van der Waals surface area contributed by atoms with E-state index in [0.29, 0.717) is 17.2 Å². The molecule has 1 fully saturated rings. The number of thiocarbonyl (C=S) groups is 1. The predicted octanol–water partition coefficient (Wildman–Crippen LogP) is 3.63. The van der Waals surface area contributed by atoms with Gasteiger partial charge in [-0.1, -0.05) is 0 Å². The van der Waals surface area contributed by atoms with Gasteiger partial charge in [0.1, 0.15) is 12.1 Å². The molecule has 0 saturated carbocycles. The highest BCUT2D eigenvalue weighted by molar-refractivity contribution is 7.81. The number of fused-ring (bicyclic) bond motifs is 1. The molecule has 0 aliphatic carbocycles. The number of anilines is 2. The molecule has 33 heavy (non-hydrogen) atoms. The normalized spacial score (nSPS) is 19.6. The lowest BCUT2D eigenvalue weighted by atomic mass is 10.0. The summed E-state index contributed by atoms with van der Waals surface area (Å²) in [4.78, 5) is 15.8. The fourth-order valence-corrected chi connectivity index (χ4v) is 4.31. The van der Waals surface area contributed by atoms with Crippen molar-refractivity contribution in [1.29, 1.82) is 5.26 Å². The van der Waals surface area contributed by atoms with Gasteiger partial charge in [0, 0.05) is 11.8 Å². The van der Waals surface area contributed by atoms with Gasteiger partial charge in [0.2, 0.25) is 0 Å². The first-order valence-electron chi connectivity index (χ1n) is 9.83. The van der Waals surface area contributed by atoms with E-state index in [4.69, 9.17) is 27.0 Å². The average Bonchev–Trinajstić information content (AvgIpc) is 2.95. The van der Waals surface area contributed by atoms with E-state index in [1.165, 1.54) is 17.0 Å². The molecule has 0 aromatic heterocycles. The second kappa shape index (κ2) is 7.90. The SMILES string of the molecule is CC1(C)C(=O)N(c2ccc(C#N)c(C(F)(F)F)c2)C(=S)N1c1ccc2c(c1)OC[C@@H](CO)O2. The summed E-state index contributed by atoms with van der Waals surface area (Å²) in [5.74, 6) is 0.275. The number of halogens is 3. The van der Waals surface area contributed by atoms with Crippen molar-refractivity contribution in [1.82, 2.24) is 0 Å². The molecule has 2 aromatic carbocycles. The van der Waals surface area contributed by atoms with Crippen LogP contribution in [0.4, 0.5) is 24.5 Å². The topological polar surface area (TPSA) is 86.0 Å². The first-order chi connectivity index (χ1) is 15.5. The Morgan fingerprint density at radius 3 is 2.55 bits per heavy atom. The van der Waals surface area contributed by atoms with Crippen LogP contribution in [-0.2, 0) is 11.0 Å². The molecule has 2 aromatic rings. The molecule has 0 unspecified atom stereocenters. The number of aliphatic hydroxyl groups excluding tert-OH is 1. The number of carbonyl (C=O) groups excluding carboxylic acids is 1. The second-order valence-corrected chi connectivity index (χ2v) is 8.39. The Labute approximate surface area is 192 Å². The zero-order valence-electron chi connectivity index (χ0n) is 17.5. The minimum absolute atomic E-state index is 0.0206. The number of hydrogen-bond acceptors (Lipinski definition) is 6. The van der Waals surface area contributed by atoms with Gasteiger partial charge in [0.05, 0.1) is 29.5 Å². The maximum absolute atomic E-state index is 13.5. The summed E-state index contributed by atoms with van der Waals surface area (Å²) in [5, 5.41) is 18.3. The Hall–Kier alpha value is -3.36. The summed E-state index contributed by atoms with van der Waals surface area (Å²) in [6.07, 6.45) is -5.27. The van der Waals surface area contributed by atoms with Gasteiger partial charge < -0.3 is 19.5 Å². The number of carbonyl (C=O) groups is 1. The fourth-order valence-electron chi connectivity index (χ4n) is 3.79. The van der Waals surface area contributed by atoms with Crippen molar-refractivity contribution in [3.63, 3.8) is 0 Å². The molecule has 0 radical (unpaired) electrons. The Kier molecular flexibility index (Phi) is 5.46. The van der Waals surface area contributed by atoms with Crippen molar-refractivity contribution in [3.05, 3.63) is 47.5 Å². The molecule has 2 aliphatic rings. The second-order valence-electron chi connectivity index (χ2n) is 8.02. The highest BCUT2D eigenvalue weighted by Crippen LogP contribution is 2.42. The fraction of sp³-hybridized carbons (Fsp3) is 0.318. The Morgan fingerprint density at radius 2 is 1.91 bits per heavy atom. The molecular weight excluding hydrogens is 459 g/mol. The number of amides is 1. The van der Waals surface area contributed by atoms with E-state index in [1.807, 2.05) is 0 Å². The molecule has 0 spiro atoms. The van der Waals surface area contributed by atoms with E-state index in [2.05, 4.69) is 0 Å². The van der Waals surface area contributed by atoms with E-state index >= 15 is 0 Å². The van der Waals surface area contributed by atoms with Crippen LogP contribution in [0.2, 0.25) is 0 Å². The van der Waals surface area contributed by atoms with Gasteiger partial charge >= 0.3 is 6.18 Å². The third-order valence-electron chi connectivity index (χ3n) is 5.46. The lowest BCUT2D eigenvalue weighted by Crippen LogP contribution is -2.44. The van der Waals surface area contributed by atoms with Crippen molar-refractivity contribution in [2.24, 2.45) is 0 Å². The number of alkyl halides is 3. The van der Waals surface area contributed by atoms with E-state index in [1.54, 1.807) is 32.0 Å². The minimum Gasteiger partial charge on any atom is -0.486 e. The summed E-state index contributed by atoms with van der Waals surface area (Å²) >= 11 is 5.52. The molecule has 0 bridgehead atoms. The van der Waals surface area contributed by atoms with Crippen LogP contribution in [0.15, 0.2) is 36.4 Å². The first kappa shape index (κ1) is 22.8. The Balaban J connectivity index is 1.74. The van der Waals surface area contributed by atoms with Crippen LogP contribution in [0.5, 0.6) is 11.5 Å². The zero-order chi connectivity index (χ0) is 24.1. The lowest BCUT2D eigenvalue weighted by molar-refractivity contribution is -0.137. The molecule has 2 aliphatic heterocycles. The van der Waals surface area contributed by atoms with Gasteiger partial charge in [-0.25, -0.2) is 0 Å². The summed E-state index contributed by atoms with van der Waals surface area (Å²) in [5.41, 5.74) is -2.52. The van der Waals surface area contributed by atoms with Crippen LogP contribution in [0.1, 0.15) is 25.0 Å². The van der Waals surface area contributed by atoms with Gasteiger partial charge in [0.15, 0.2) is 22.7 Å². The van der Waals surface area contributed by atoms with Gasteiger partial charge in [-0.3, -0.25) is 9.69 Å². The maximum atomic E-state index is 13.5. The van der Waals surface area contributed by atoms with Gasteiger partial charge in [0.25, 0.3) is 5.91 Å². The smallest absolute Gasteiger partial charge is 0.417 e. The predicted molar refractivity (Wildman–Crippen MR) is 116 cm³/mol. The summed E-state index contributed by atoms with van der Waals surface area (Å²) < 4.78 is 51.7. The van der Waals surface area contributed by atoms with E-state index in [9.17, 15) is 23.1 Å². The lowest BCUT2D eigenvalue weighted by Gasteiger charge is -2.31. The third-order valence-corrected chi connectivity index (χ3v) is 5.83. The number of aliphatic hydroxyl groups is 1. The highest BCUT2D eigenvalue weighted by Gasteiger charge is 2.51. The van der Waals surface area contributed by atoms with Crippen LogP contribution in [-0.4, -0.2) is 41.0 Å². The van der Waals surface area contributed by atoms with E-state index < -0.39 is 34.9 Å². The largest absolute Gasteiger partial charge is 0.486 e. The van der Waals surface area contributed by atoms with Crippen molar-refractivity contribution < 1.29 is 32.5 Å². The summed E-state index contributed by atoms with van der Waals surface area (Å²) in [6, 6.07) is 9.43. The summed E-state index contributed by atoms with van der Waals surface area (Å²) in [7, 11) is 0. The van der Waals surface area contributed by atoms with E-state index in [0.717, 1.165) is 17.0 Å². The molecule has 7 nitrogen and oxygen atoms in total. The molecule has 11 heteroatoms. The zero-order valence-corrected chi connectivity index (χ0v) is 18.3. The molecule has 1 saturated heterocycles. The van der Waals surface area contributed by atoms with E-state index in [-0.39, 0.29) is 24.0 Å². The Morgan fingerprint density at radius 1 is 1.21 bits per heavy atom. The van der Waals surface area contributed by atoms with Gasteiger partial charge in [-0.05, 0) is 56.4 Å². The standard InChI is InChI=1S/C22H18F3N3O4S/c1-21(2)19(30)27(13-4-3-12(9-26)16(7-13)22(23,24)25)20(33)28(21)14-5-6-17-18(8-14)31-11-15(10-29)32-17/h3-8,15,29H,10-11H2,1-2H3/t15-/m1/s1. The van der Waals surface area contributed by atoms with Crippen molar-refractivity contribution in [2.45, 2.75) is 31.7 Å². The number of hydrogen-bond donors (Lipinski definition) is 1. The van der Waals surface area contributed by atoms with Crippen LogP contribution in [0.3, 0.4) is 0 Å². The number of benzene rings is 2. The number of nitrogens with zero attached hydrogens (tertiary/aromatic N) is 3. The van der Waals surface area contributed by atoms with Gasteiger partial charge in [-0.2, -0.15) is 18.4 Å². The monoisotopic (exact) mass is 477 g/mol. The van der Waals surface area contributed by atoms with Crippen LogP contribution < -0.4 is 19.3 Å². The molecule has 2 heterocycles. The highest BCUT2D eigenvalue weighted by atomic mass is 32.1. The molecule has 1 amide bonds. The molecule has 1 N–H and O–H groups in total.